The number of alkyl halides is 3. The lowest BCUT2D eigenvalue weighted by Crippen LogP contribution is -2.37. The van der Waals surface area contributed by atoms with Crippen molar-refractivity contribution in [2.45, 2.75) is 12.8 Å². The van der Waals surface area contributed by atoms with Crippen molar-refractivity contribution in [2.75, 3.05) is 32.1 Å². The second-order valence-corrected chi connectivity index (χ2v) is 8.21. The zero-order valence-corrected chi connectivity index (χ0v) is 19.0. The van der Waals surface area contributed by atoms with Gasteiger partial charge >= 0.3 is 6.36 Å². The third-order valence-corrected chi connectivity index (χ3v) is 5.59. The summed E-state index contributed by atoms with van der Waals surface area (Å²) in [5.41, 5.74) is 1.19. The molecule has 1 amide bonds. The molecule has 0 spiro atoms. The van der Waals surface area contributed by atoms with E-state index in [9.17, 15) is 18.0 Å². The van der Waals surface area contributed by atoms with E-state index in [4.69, 9.17) is 11.6 Å². The predicted octanol–water partition coefficient (Wildman–Crippen LogP) is 5.41. The van der Waals surface area contributed by atoms with Gasteiger partial charge in [0.2, 0.25) is 5.91 Å². The fourth-order valence-corrected chi connectivity index (χ4v) is 3.97. The number of ether oxygens (including phenoxy) is 1. The molecule has 1 aromatic heterocycles. The Bertz CT molecular complexity index is 1040. The molecule has 1 heterocycles. The maximum Gasteiger partial charge on any atom is 0.573 e. The first-order valence-electron chi connectivity index (χ1n) is 8.97. The van der Waals surface area contributed by atoms with Crippen LogP contribution in [-0.4, -0.2) is 49.3 Å². The van der Waals surface area contributed by atoms with Gasteiger partial charge in [-0.3, -0.25) is 9.69 Å². The standard InChI is InChI=1S/C20H19ClF3N3O2S.ClH/c1-26(2)9-10-27(18(28)11-13-5-3-4-6-15(13)21)19-25-16-8-7-14(12-17(16)30-19)29-20(22,23)24;/h3-8,12H,9-11H2,1-2H3;1H. The molecule has 31 heavy (non-hydrogen) atoms. The van der Waals surface area contributed by atoms with Crippen molar-refractivity contribution in [1.82, 2.24) is 9.88 Å². The summed E-state index contributed by atoms with van der Waals surface area (Å²) < 4.78 is 41.9. The summed E-state index contributed by atoms with van der Waals surface area (Å²) in [7, 11) is 3.77. The highest BCUT2D eigenvalue weighted by Gasteiger charge is 2.31. The Morgan fingerprint density at radius 1 is 1.16 bits per heavy atom. The highest BCUT2D eigenvalue weighted by molar-refractivity contribution is 7.22. The molecule has 2 aromatic carbocycles. The zero-order valence-electron chi connectivity index (χ0n) is 16.6. The second kappa shape index (κ2) is 10.5. The van der Waals surface area contributed by atoms with E-state index in [0.29, 0.717) is 39.0 Å². The van der Waals surface area contributed by atoms with Gasteiger partial charge in [0.05, 0.1) is 16.6 Å². The molecule has 0 saturated carbocycles. The number of carbonyl (C=O) groups is 1. The minimum atomic E-state index is -4.77. The van der Waals surface area contributed by atoms with Gasteiger partial charge in [0.25, 0.3) is 0 Å². The number of rotatable bonds is 7. The third kappa shape index (κ3) is 6.96. The number of anilines is 1. The highest BCUT2D eigenvalue weighted by Crippen LogP contribution is 2.33. The van der Waals surface area contributed by atoms with E-state index in [2.05, 4.69) is 9.72 Å². The number of likely N-dealkylation sites (N-methyl/N-ethyl adjacent to an activating group) is 1. The first kappa shape index (κ1) is 25.2. The topological polar surface area (TPSA) is 45.7 Å². The molecular weight excluding hydrogens is 474 g/mol. The molecule has 11 heteroatoms. The molecule has 0 fully saturated rings. The van der Waals surface area contributed by atoms with Crippen LogP contribution in [0.4, 0.5) is 18.3 Å². The summed E-state index contributed by atoms with van der Waals surface area (Å²) >= 11 is 7.32. The van der Waals surface area contributed by atoms with Crippen molar-refractivity contribution in [3.8, 4) is 5.75 Å². The minimum absolute atomic E-state index is 0. The lowest BCUT2D eigenvalue weighted by molar-refractivity contribution is -0.274. The van der Waals surface area contributed by atoms with Crippen molar-refractivity contribution in [3.63, 3.8) is 0 Å². The van der Waals surface area contributed by atoms with E-state index in [0.717, 1.165) is 11.3 Å². The van der Waals surface area contributed by atoms with Crippen LogP contribution < -0.4 is 9.64 Å². The summed E-state index contributed by atoms with van der Waals surface area (Å²) in [5, 5.41) is 0.907. The summed E-state index contributed by atoms with van der Waals surface area (Å²) in [5.74, 6) is -0.525. The average molecular weight is 494 g/mol. The van der Waals surface area contributed by atoms with Gasteiger partial charge in [-0.15, -0.1) is 25.6 Å². The number of fused-ring (bicyclic) bond motifs is 1. The van der Waals surface area contributed by atoms with E-state index in [1.54, 1.807) is 24.3 Å². The summed E-state index contributed by atoms with van der Waals surface area (Å²) in [4.78, 5) is 21.0. The van der Waals surface area contributed by atoms with Crippen LogP contribution in [0.1, 0.15) is 5.56 Å². The smallest absolute Gasteiger partial charge is 0.406 e. The summed E-state index contributed by atoms with van der Waals surface area (Å²) in [6, 6.07) is 11.0. The molecule has 0 radical (unpaired) electrons. The fourth-order valence-electron chi connectivity index (χ4n) is 2.73. The minimum Gasteiger partial charge on any atom is -0.406 e. The van der Waals surface area contributed by atoms with Gasteiger partial charge in [-0.25, -0.2) is 4.98 Å². The third-order valence-electron chi connectivity index (χ3n) is 4.18. The van der Waals surface area contributed by atoms with Crippen LogP contribution in [0.3, 0.4) is 0 Å². The maximum atomic E-state index is 13.1. The number of amides is 1. The number of nitrogens with zero attached hydrogens (tertiary/aromatic N) is 3. The molecule has 0 unspecified atom stereocenters. The van der Waals surface area contributed by atoms with E-state index < -0.39 is 6.36 Å². The number of hydrogen-bond donors (Lipinski definition) is 0. The van der Waals surface area contributed by atoms with Crippen LogP contribution in [0.5, 0.6) is 5.75 Å². The van der Waals surface area contributed by atoms with Crippen LogP contribution in [0, 0.1) is 0 Å². The van der Waals surface area contributed by atoms with E-state index >= 15 is 0 Å². The van der Waals surface area contributed by atoms with Crippen LogP contribution in [-0.2, 0) is 11.2 Å². The van der Waals surface area contributed by atoms with Crippen molar-refractivity contribution < 1.29 is 22.7 Å². The second-order valence-electron chi connectivity index (χ2n) is 6.79. The Morgan fingerprint density at radius 2 is 1.87 bits per heavy atom. The Balaban J connectivity index is 0.00000341. The number of halogens is 5. The van der Waals surface area contributed by atoms with Crippen LogP contribution in [0.15, 0.2) is 42.5 Å². The highest BCUT2D eigenvalue weighted by atomic mass is 35.5. The number of carbonyl (C=O) groups excluding carboxylic acids is 1. The van der Waals surface area contributed by atoms with Gasteiger partial charge in [0.15, 0.2) is 5.13 Å². The van der Waals surface area contributed by atoms with E-state index in [1.165, 1.54) is 23.1 Å². The molecule has 0 aliphatic carbocycles. The SMILES string of the molecule is CN(C)CCN(C(=O)Cc1ccccc1Cl)c1nc2ccc(OC(F)(F)F)cc2s1.Cl. The van der Waals surface area contributed by atoms with Gasteiger partial charge < -0.3 is 9.64 Å². The monoisotopic (exact) mass is 493 g/mol. The number of hydrogen-bond acceptors (Lipinski definition) is 5. The first-order chi connectivity index (χ1) is 14.1. The lowest BCUT2D eigenvalue weighted by atomic mass is 10.1. The van der Waals surface area contributed by atoms with Gasteiger partial charge in [0, 0.05) is 24.2 Å². The molecule has 0 atom stereocenters. The van der Waals surface area contributed by atoms with Crippen molar-refractivity contribution in [3.05, 3.63) is 53.1 Å². The van der Waals surface area contributed by atoms with Crippen molar-refractivity contribution in [2.24, 2.45) is 0 Å². The van der Waals surface area contributed by atoms with Gasteiger partial charge in [-0.2, -0.15) is 0 Å². The molecule has 168 valence electrons. The summed E-state index contributed by atoms with van der Waals surface area (Å²) in [6.45, 7) is 0.967. The molecule has 0 saturated heterocycles. The first-order valence-corrected chi connectivity index (χ1v) is 10.2. The normalized spacial score (nSPS) is 11.5. The number of thiazole rings is 1. The number of aromatic nitrogens is 1. The maximum absolute atomic E-state index is 13.1. The molecule has 0 aliphatic rings. The lowest BCUT2D eigenvalue weighted by Gasteiger charge is -2.22. The molecule has 3 rings (SSSR count). The quantitative estimate of drug-likeness (QED) is 0.441. The average Bonchev–Trinajstić information content (AvgIpc) is 3.05. The van der Waals surface area contributed by atoms with Crippen LogP contribution in [0.25, 0.3) is 10.2 Å². The van der Waals surface area contributed by atoms with Gasteiger partial charge in [-0.1, -0.05) is 41.1 Å². The Labute approximate surface area is 192 Å². The fraction of sp³-hybridized carbons (Fsp3) is 0.300. The molecule has 0 aliphatic heterocycles. The number of benzene rings is 2. The predicted molar refractivity (Wildman–Crippen MR) is 120 cm³/mol. The zero-order chi connectivity index (χ0) is 21.9. The Hall–Kier alpha value is -2.07. The Kier molecular flexibility index (Phi) is 8.53. The van der Waals surface area contributed by atoms with Crippen LogP contribution in [0.2, 0.25) is 5.02 Å². The van der Waals surface area contributed by atoms with E-state index in [-0.39, 0.29) is 30.5 Å². The van der Waals surface area contributed by atoms with E-state index in [1.807, 2.05) is 19.0 Å². The van der Waals surface area contributed by atoms with Crippen LogP contribution >= 0.6 is 35.3 Å². The van der Waals surface area contributed by atoms with Crippen molar-refractivity contribution >= 4 is 56.6 Å². The molecular formula is C20H20Cl2F3N3O2S. The van der Waals surface area contributed by atoms with Gasteiger partial charge in [0.1, 0.15) is 5.75 Å². The van der Waals surface area contributed by atoms with Gasteiger partial charge in [-0.05, 0) is 37.9 Å². The largest absolute Gasteiger partial charge is 0.573 e. The molecule has 0 N–H and O–H groups in total. The molecule has 5 nitrogen and oxygen atoms in total. The Morgan fingerprint density at radius 3 is 2.52 bits per heavy atom. The molecule has 3 aromatic rings. The van der Waals surface area contributed by atoms with Crippen molar-refractivity contribution in [1.29, 1.82) is 0 Å². The molecule has 0 bridgehead atoms. The summed E-state index contributed by atoms with van der Waals surface area (Å²) in [6.07, 6.45) is -4.69.